The van der Waals surface area contributed by atoms with E-state index in [0.717, 1.165) is 18.7 Å². The maximum absolute atomic E-state index is 12.3. The number of nitrogens with one attached hydrogen (secondary N) is 2. The molecule has 4 heteroatoms. The molecular formula is C19H24ClN2O+. The van der Waals surface area contributed by atoms with Gasteiger partial charge in [0.2, 0.25) is 0 Å². The summed E-state index contributed by atoms with van der Waals surface area (Å²) >= 11 is 5.90. The van der Waals surface area contributed by atoms with Crippen LogP contribution in [0.25, 0.3) is 0 Å². The third-order valence-electron chi connectivity index (χ3n) is 3.96. The smallest absolute Gasteiger partial charge is 0.275 e. The van der Waals surface area contributed by atoms with Crippen molar-refractivity contribution in [1.82, 2.24) is 5.32 Å². The molecule has 0 aliphatic rings. The van der Waals surface area contributed by atoms with E-state index in [9.17, 15) is 4.79 Å². The van der Waals surface area contributed by atoms with Gasteiger partial charge in [-0.05, 0) is 31.5 Å². The minimum atomic E-state index is -0.0189. The number of likely N-dealkylation sites (N-methyl/N-ethyl adjacent to an activating group) is 1. The van der Waals surface area contributed by atoms with Gasteiger partial charge in [-0.2, -0.15) is 0 Å². The Morgan fingerprint density at radius 2 is 1.78 bits per heavy atom. The molecule has 2 aromatic carbocycles. The predicted octanol–water partition coefficient (Wildman–Crippen LogP) is 2.62. The number of benzene rings is 2. The van der Waals surface area contributed by atoms with E-state index >= 15 is 0 Å². The molecule has 0 spiro atoms. The Kier molecular flexibility index (Phi) is 6.63. The van der Waals surface area contributed by atoms with E-state index in [0.29, 0.717) is 11.6 Å². The largest absolute Gasteiger partial charge is 0.345 e. The van der Waals surface area contributed by atoms with Crippen LogP contribution < -0.4 is 10.2 Å². The van der Waals surface area contributed by atoms with Crippen LogP contribution in [0.2, 0.25) is 5.02 Å². The van der Waals surface area contributed by atoms with Crippen molar-refractivity contribution in [3.8, 4) is 0 Å². The van der Waals surface area contributed by atoms with Crippen molar-refractivity contribution in [2.75, 3.05) is 13.1 Å². The molecule has 3 nitrogen and oxygen atoms in total. The number of carbonyl (C=O) groups excluding carboxylic acids is 1. The normalized spacial score (nSPS) is 13.3. The second-order valence-electron chi connectivity index (χ2n) is 5.78. The summed E-state index contributed by atoms with van der Waals surface area (Å²) in [6.45, 7) is 6.35. The summed E-state index contributed by atoms with van der Waals surface area (Å²) < 4.78 is 0. The van der Waals surface area contributed by atoms with Gasteiger partial charge in [-0.15, -0.1) is 0 Å². The lowest BCUT2D eigenvalue weighted by Crippen LogP contribution is -3.11. The summed E-state index contributed by atoms with van der Waals surface area (Å²) in [5, 5.41) is 3.77. The predicted molar refractivity (Wildman–Crippen MR) is 94.5 cm³/mol. The molecule has 1 amide bonds. The van der Waals surface area contributed by atoms with Crippen LogP contribution in [0.3, 0.4) is 0 Å². The van der Waals surface area contributed by atoms with Crippen LogP contribution in [0.15, 0.2) is 54.6 Å². The zero-order valence-electron chi connectivity index (χ0n) is 13.7. The fourth-order valence-corrected chi connectivity index (χ4v) is 2.68. The second-order valence-corrected chi connectivity index (χ2v) is 6.22. The molecule has 0 heterocycles. The van der Waals surface area contributed by atoms with E-state index in [1.807, 2.05) is 49.4 Å². The Morgan fingerprint density at radius 1 is 1.13 bits per heavy atom. The van der Waals surface area contributed by atoms with Crippen LogP contribution in [-0.2, 0) is 11.3 Å². The first kappa shape index (κ1) is 17.5. The molecule has 0 aromatic heterocycles. The van der Waals surface area contributed by atoms with E-state index in [1.54, 1.807) is 0 Å². The van der Waals surface area contributed by atoms with Gasteiger partial charge in [0.05, 0.1) is 12.6 Å². The summed E-state index contributed by atoms with van der Waals surface area (Å²) in [6.07, 6.45) is 0. The van der Waals surface area contributed by atoms with Crippen molar-refractivity contribution in [3.05, 3.63) is 70.7 Å². The molecule has 0 aliphatic carbocycles. The lowest BCUT2D eigenvalue weighted by molar-refractivity contribution is -0.904. The van der Waals surface area contributed by atoms with Gasteiger partial charge >= 0.3 is 0 Å². The fraction of sp³-hybridized carbons (Fsp3) is 0.316. The highest BCUT2D eigenvalue weighted by molar-refractivity contribution is 6.30. The maximum Gasteiger partial charge on any atom is 0.275 e. The molecule has 23 heavy (non-hydrogen) atoms. The van der Waals surface area contributed by atoms with Crippen molar-refractivity contribution in [2.45, 2.75) is 26.4 Å². The van der Waals surface area contributed by atoms with Gasteiger partial charge in [0.15, 0.2) is 6.54 Å². The standard InChI is InChI=1S/C19H23ClN2O/c1-3-22(13-16-7-5-4-6-8-16)14-19(23)21-15(2)17-9-11-18(20)12-10-17/h4-12,15H,3,13-14H2,1-2H3,(H,21,23)/p+1/t15-/m1/s1. The molecule has 122 valence electrons. The van der Waals surface area contributed by atoms with Crippen LogP contribution in [0, 0.1) is 0 Å². The Hall–Kier alpha value is -1.84. The van der Waals surface area contributed by atoms with Crippen molar-refractivity contribution in [1.29, 1.82) is 0 Å². The molecule has 2 aromatic rings. The molecular weight excluding hydrogens is 308 g/mol. The van der Waals surface area contributed by atoms with Crippen molar-refractivity contribution >= 4 is 17.5 Å². The molecule has 0 fully saturated rings. The Morgan fingerprint density at radius 3 is 2.39 bits per heavy atom. The van der Waals surface area contributed by atoms with E-state index < -0.39 is 0 Å². The molecule has 2 N–H and O–H groups in total. The average Bonchev–Trinajstić information content (AvgIpc) is 2.55. The second kappa shape index (κ2) is 8.70. The number of carbonyl (C=O) groups is 1. The minimum absolute atomic E-state index is 0.0189. The molecule has 0 bridgehead atoms. The molecule has 2 rings (SSSR count). The number of rotatable bonds is 7. The Bertz CT molecular complexity index is 613. The summed E-state index contributed by atoms with van der Waals surface area (Å²) in [5.74, 6) is 0.0697. The van der Waals surface area contributed by atoms with Gasteiger partial charge in [-0.3, -0.25) is 4.79 Å². The zero-order chi connectivity index (χ0) is 16.7. The highest BCUT2D eigenvalue weighted by atomic mass is 35.5. The molecule has 0 radical (unpaired) electrons. The number of hydrogen-bond acceptors (Lipinski definition) is 1. The highest BCUT2D eigenvalue weighted by Gasteiger charge is 2.15. The highest BCUT2D eigenvalue weighted by Crippen LogP contribution is 2.15. The average molecular weight is 332 g/mol. The SMILES string of the molecule is CC[NH+](CC(=O)N[C@H](C)c1ccc(Cl)cc1)Cc1ccccc1. The van der Waals surface area contributed by atoms with E-state index in [-0.39, 0.29) is 11.9 Å². The van der Waals surface area contributed by atoms with Gasteiger partial charge in [0.25, 0.3) is 5.91 Å². The van der Waals surface area contributed by atoms with Crippen LogP contribution in [0.1, 0.15) is 31.0 Å². The first-order valence-corrected chi connectivity index (χ1v) is 8.38. The van der Waals surface area contributed by atoms with Gasteiger partial charge < -0.3 is 10.2 Å². The zero-order valence-corrected chi connectivity index (χ0v) is 14.4. The molecule has 2 atom stereocenters. The molecule has 1 unspecified atom stereocenters. The van der Waals surface area contributed by atoms with E-state index in [1.165, 1.54) is 10.5 Å². The number of amides is 1. The molecule has 0 saturated carbocycles. The summed E-state index contributed by atoms with van der Waals surface area (Å²) in [7, 11) is 0. The topological polar surface area (TPSA) is 33.5 Å². The third kappa shape index (κ3) is 5.70. The van der Waals surface area contributed by atoms with Crippen molar-refractivity contribution < 1.29 is 9.69 Å². The summed E-state index contributed by atoms with van der Waals surface area (Å²) in [5.41, 5.74) is 2.31. The number of hydrogen-bond donors (Lipinski definition) is 2. The minimum Gasteiger partial charge on any atom is -0.345 e. The summed E-state index contributed by atoms with van der Waals surface area (Å²) in [4.78, 5) is 13.5. The molecule has 0 saturated heterocycles. The van der Waals surface area contributed by atoms with Crippen LogP contribution in [0.4, 0.5) is 0 Å². The van der Waals surface area contributed by atoms with Crippen molar-refractivity contribution in [3.63, 3.8) is 0 Å². The maximum atomic E-state index is 12.3. The van der Waals surface area contributed by atoms with Gasteiger partial charge in [0, 0.05) is 10.6 Å². The number of quaternary nitrogens is 1. The van der Waals surface area contributed by atoms with Crippen LogP contribution in [0.5, 0.6) is 0 Å². The van der Waals surface area contributed by atoms with Gasteiger partial charge in [-0.1, -0.05) is 54.1 Å². The first-order valence-electron chi connectivity index (χ1n) is 8.00. The quantitative estimate of drug-likeness (QED) is 0.803. The monoisotopic (exact) mass is 331 g/mol. The summed E-state index contributed by atoms with van der Waals surface area (Å²) in [6, 6.07) is 17.8. The first-order chi connectivity index (χ1) is 11.1. The van der Waals surface area contributed by atoms with Crippen LogP contribution in [-0.4, -0.2) is 19.0 Å². The third-order valence-corrected chi connectivity index (χ3v) is 4.21. The Labute approximate surface area is 143 Å². The van der Waals surface area contributed by atoms with Crippen LogP contribution >= 0.6 is 11.6 Å². The van der Waals surface area contributed by atoms with E-state index in [2.05, 4.69) is 24.4 Å². The van der Waals surface area contributed by atoms with Gasteiger partial charge in [0.1, 0.15) is 6.54 Å². The Balaban J connectivity index is 1.88. The van der Waals surface area contributed by atoms with E-state index in [4.69, 9.17) is 11.6 Å². The number of halogens is 1. The van der Waals surface area contributed by atoms with Gasteiger partial charge in [-0.25, -0.2) is 0 Å². The molecule has 0 aliphatic heterocycles. The lowest BCUT2D eigenvalue weighted by atomic mass is 10.1. The van der Waals surface area contributed by atoms with Crippen molar-refractivity contribution in [2.24, 2.45) is 0 Å². The lowest BCUT2D eigenvalue weighted by Gasteiger charge is -2.19. The fourth-order valence-electron chi connectivity index (χ4n) is 2.55.